The van der Waals surface area contributed by atoms with Crippen LogP contribution in [-0.4, -0.2) is 117 Å². The van der Waals surface area contributed by atoms with Gasteiger partial charge in [-0.15, -0.1) is 11.3 Å². The number of pyridine rings is 1. The minimum absolute atomic E-state index is 0.0103. The van der Waals surface area contributed by atoms with E-state index < -0.39 is 59.4 Å². The third kappa shape index (κ3) is 13.1. The number of fused-ring (bicyclic) bond motifs is 1. The predicted molar refractivity (Wildman–Crippen MR) is 270 cm³/mol. The number of nitrogens with zero attached hydrogens (tertiary/aromatic N) is 5. The molecule has 1 unspecified atom stereocenters. The Morgan fingerprint density at radius 2 is 1.65 bits per heavy atom. The van der Waals surface area contributed by atoms with E-state index in [1.165, 1.54) is 15.4 Å². The van der Waals surface area contributed by atoms with Crippen molar-refractivity contribution in [2.75, 3.05) is 49.6 Å². The third-order valence-corrected chi connectivity index (χ3v) is 13.7. The first-order valence-corrected chi connectivity index (χ1v) is 24.8. The number of para-hydroxylation sites is 1. The highest BCUT2D eigenvalue weighted by Crippen LogP contribution is 2.30. The topological polar surface area (TPSA) is 234 Å². The molecule has 7 rings (SSSR count). The van der Waals surface area contributed by atoms with E-state index in [2.05, 4.69) is 26.3 Å². The average molecular weight is 990 g/mol. The molecule has 0 aliphatic carbocycles. The molecular weight excluding hydrogens is 927 g/mol. The first kappa shape index (κ1) is 52.0. The lowest BCUT2D eigenvalue weighted by Crippen LogP contribution is -2.57. The molecule has 4 atom stereocenters. The zero-order valence-corrected chi connectivity index (χ0v) is 41.9. The van der Waals surface area contributed by atoms with Gasteiger partial charge in [-0.05, 0) is 61.1 Å². The number of morpholine rings is 1. The molecule has 5 N–H and O–H groups in total. The van der Waals surface area contributed by atoms with Gasteiger partial charge in [0.05, 0.1) is 53.4 Å². The molecule has 376 valence electrons. The molecule has 4 amide bonds. The van der Waals surface area contributed by atoms with E-state index in [4.69, 9.17) is 9.72 Å². The normalized spacial score (nSPS) is 16.8. The van der Waals surface area contributed by atoms with Crippen LogP contribution in [0.3, 0.4) is 0 Å². The van der Waals surface area contributed by atoms with E-state index in [0.717, 1.165) is 32.8 Å². The highest BCUT2D eigenvalue weighted by Gasteiger charge is 2.44. The number of ketones is 2. The number of ether oxygens (including phenoxy) is 1. The number of rotatable bonds is 19. The van der Waals surface area contributed by atoms with Crippen LogP contribution in [0.5, 0.6) is 0 Å². The molecule has 2 aromatic carbocycles. The van der Waals surface area contributed by atoms with Crippen LogP contribution < -0.4 is 31.7 Å². The molecule has 2 aliphatic heterocycles. The number of Topliss-reactive ketones (excluding diaryl/α,β-unsaturated/α-hetero) is 2. The Bertz CT molecular complexity index is 2830. The maximum Gasteiger partial charge on any atom is 0.259 e. The van der Waals surface area contributed by atoms with Crippen molar-refractivity contribution in [3.8, 4) is 10.4 Å². The van der Waals surface area contributed by atoms with Gasteiger partial charge in [0.1, 0.15) is 35.1 Å². The Kier molecular flexibility index (Phi) is 16.8. The number of hydrogen-bond donors (Lipinski definition) is 5. The average Bonchev–Trinajstić information content (AvgIpc) is 3.96. The molecule has 18 nitrogen and oxygen atoms in total. The van der Waals surface area contributed by atoms with Crippen LogP contribution in [-0.2, 0) is 35.3 Å². The summed E-state index contributed by atoms with van der Waals surface area (Å²) in [5, 5.41) is 22.4. The fourth-order valence-electron chi connectivity index (χ4n) is 8.82. The van der Waals surface area contributed by atoms with Gasteiger partial charge in [0, 0.05) is 81.9 Å². The van der Waals surface area contributed by atoms with Gasteiger partial charge in [-0.3, -0.25) is 38.0 Å². The number of benzene rings is 2. The maximum absolute atomic E-state index is 14.1. The van der Waals surface area contributed by atoms with Crippen LogP contribution in [0.4, 0.5) is 11.5 Å². The predicted octanol–water partition coefficient (Wildman–Crippen LogP) is 4.68. The van der Waals surface area contributed by atoms with Crippen molar-refractivity contribution in [3.63, 3.8) is 0 Å². The number of amides is 4. The second kappa shape index (κ2) is 22.9. The summed E-state index contributed by atoms with van der Waals surface area (Å²) in [4.78, 5) is 107. The summed E-state index contributed by atoms with van der Waals surface area (Å²) in [7, 11) is 0. The van der Waals surface area contributed by atoms with E-state index in [0.29, 0.717) is 49.0 Å². The van der Waals surface area contributed by atoms with Gasteiger partial charge < -0.3 is 40.9 Å². The second-order valence-corrected chi connectivity index (χ2v) is 20.2. The molecule has 0 radical (unpaired) electrons. The largest absolute Gasteiger partial charge is 0.391 e. The Labute approximate surface area is 416 Å². The summed E-state index contributed by atoms with van der Waals surface area (Å²) in [6, 6.07) is 15.7. The van der Waals surface area contributed by atoms with Crippen molar-refractivity contribution >= 4 is 63.7 Å². The zero-order valence-electron chi connectivity index (χ0n) is 41.1. The number of carbonyl (C=O) groups excluding carboxylic acids is 6. The van der Waals surface area contributed by atoms with E-state index in [1.807, 2.05) is 56.0 Å². The second-order valence-electron chi connectivity index (χ2n) is 19.3. The monoisotopic (exact) mass is 989 g/mol. The van der Waals surface area contributed by atoms with Gasteiger partial charge in [0.2, 0.25) is 17.7 Å². The van der Waals surface area contributed by atoms with E-state index in [9.17, 15) is 38.7 Å². The third-order valence-electron chi connectivity index (χ3n) is 12.7. The van der Waals surface area contributed by atoms with Crippen molar-refractivity contribution in [2.24, 2.45) is 5.41 Å². The molecule has 0 saturated carbocycles. The van der Waals surface area contributed by atoms with E-state index >= 15 is 0 Å². The van der Waals surface area contributed by atoms with Crippen molar-refractivity contribution in [3.05, 3.63) is 111 Å². The number of aliphatic hydroxyl groups is 1. The molecule has 2 aliphatic rings. The summed E-state index contributed by atoms with van der Waals surface area (Å²) in [6.45, 7) is 13.5. The van der Waals surface area contributed by atoms with Crippen molar-refractivity contribution in [1.29, 1.82) is 0 Å². The summed E-state index contributed by atoms with van der Waals surface area (Å²) in [5.41, 5.74) is 6.57. The Morgan fingerprint density at radius 3 is 2.35 bits per heavy atom. The highest BCUT2D eigenvalue weighted by atomic mass is 32.1. The molecule has 5 heterocycles. The number of likely N-dealkylation sites (tertiary alicyclic amines) is 1. The molecule has 3 aromatic heterocycles. The highest BCUT2D eigenvalue weighted by molar-refractivity contribution is 7.13. The Hall–Kier alpha value is -6.83. The van der Waals surface area contributed by atoms with Crippen LogP contribution in [0, 0.1) is 19.3 Å². The number of carbonyl (C=O) groups is 6. The van der Waals surface area contributed by atoms with Crippen LogP contribution >= 0.6 is 11.3 Å². The van der Waals surface area contributed by atoms with Crippen LogP contribution in [0.25, 0.3) is 16.1 Å². The number of hydrogen-bond acceptors (Lipinski definition) is 14. The van der Waals surface area contributed by atoms with Crippen molar-refractivity contribution < 1.29 is 38.6 Å². The molecule has 0 spiro atoms. The molecule has 0 bridgehead atoms. The van der Waals surface area contributed by atoms with Crippen LogP contribution in [0.2, 0.25) is 0 Å². The lowest BCUT2D eigenvalue weighted by Gasteiger charge is -2.35. The fourth-order valence-corrected chi connectivity index (χ4v) is 9.64. The minimum atomic E-state index is -1.13. The van der Waals surface area contributed by atoms with Gasteiger partial charge in [-0.1, -0.05) is 57.2 Å². The molecule has 5 aromatic rings. The summed E-state index contributed by atoms with van der Waals surface area (Å²) in [6.07, 6.45) is -0.143. The lowest BCUT2D eigenvalue weighted by atomic mass is 9.85. The number of aryl methyl sites for hydroxylation is 2. The van der Waals surface area contributed by atoms with Crippen LogP contribution in [0.1, 0.15) is 98.6 Å². The van der Waals surface area contributed by atoms with Gasteiger partial charge in [0.15, 0.2) is 0 Å². The smallest absolute Gasteiger partial charge is 0.259 e. The van der Waals surface area contributed by atoms with Gasteiger partial charge >= 0.3 is 0 Å². The number of anilines is 2. The summed E-state index contributed by atoms with van der Waals surface area (Å²) in [5.74, 6) is -2.33. The Balaban J connectivity index is 0.874. The molecule has 2 saturated heterocycles. The first-order valence-electron chi connectivity index (χ1n) is 23.9. The van der Waals surface area contributed by atoms with Crippen molar-refractivity contribution in [1.82, 2.24) is 35.2 Å². The van der Waals surface area contributed by atoms with Crippen LogP contribution in [0.15, 0.2) is 77.2 Å². The standard InChI is InChI=1S/C52H63N9O9S/c1-31-23-40(48-57-43(26-45(66)61(48)28-31)59-19-21-70-22-20-59)32(2)56-41-10-8-7-9-39(41)49(67)53-18-17-36(62)15-16-37(63)25-44(65)58-47(52(4,5)6)51(69)60-29-38(64)24-42(60)50(68)54-27-34-11-13-35(14-12-34)46-33(3)55-30-71-46/h7-14,23,26,28,30,32,38,42,47,56,64H,15-22,24-25,27,29H2,1-6H3,(H,53,67)(H,54,68)(H,58,65)/t32?,38-,42+,47-/m1/s1. The number of nitrogens with one attached hydrogen (secondary N) is 4. The molecule has 71 heavy (non-hydrogen) atoms. The quantitative estimate of drug-likeness (QED) is 0.0709. The number of thiazole rings is 1. The number of aliphatic hydroxyl groups excluding tert-OH is 1. The summed E-state index contributed by atoms with van der Waals surface area (Å²) < 4.78 is 7.02. The molecular formula is C52H63N9O9S. The number of β-amino-alcohol motifs (C(OH)–C–C–N with tert-alkyl or cyclic N) is 1. The summed E-state index contributed by atoms with van der Waals surface area (Å²) >= 11 is 1.55. The minimum Gasteiger partial charge on any atom is -0.391 e. The maximum atomic E-state index is 14.1. The molecule has 19 heteroatoms. The SMILES string of the molecule is Cc1cc(C(C)Nc2ccccc2C(=O)NCCC(=O)CCC(=O)CC(=O)N[C@H](C(=O)N2C[C@H](O)C[C@H]2C(=O)NCc2ccc(-c3scnc3C)cc2)C(C)(C)C)c2nc(N3CCOCC3)cc(=O)n2c1. The number of aromatic nitrogens is 3. The van der Waals surface area contributed by atoms with E-state index in [1.54, 1.807) is 68.1 Å². The first-order chi connectivity index (χ1) is 33.9. The van der Waals surface area contributed by atoms with E-state index in [-0.39, 0.29) is 62.7 Å². The van der Waals surface area contributed by atoms with Crippen molar-refractivity contribution in [2.45, 2.75) is 104 Å². The Morgan fingerprint density at radius 1 is 0.930 bits per heavy atom. The van der Waals surface area contributed by atoms with Gasteiger partial charge in [-0.2, -0.15) is 0 Å². The van der Waals surface area contributed by atoms with Gasteiger partial charge in [0.25, 0.3) is 11.5 Å². The lowest BCUT2D eigenvalue weighted by molar-refractivity contribution is -0.144. The zero-order chi connectivity index (χ0) is 51.0. The molecule has 2 fully saturated rings. The fraction of sp³-hybridized carbons (Fsp3) is 0.442. The van der Waals surface area contributed by atoms with Gasteiger partial charge in [-0.25, -0.2) is 9.97 Å².